The third kappa shape index (κ3) is 3.78. The summed E-state index contributed by atoms with van der Waals surface area (Å²) < 4.78 is 0. The lowest BCUT2D eigenvalue weighted by Crippen LogP contribution is -2.21. The third-order valence-corrected chi connectivity index (χ3v) is 2.52. The maximum Gasteiger partial charge on any atom is 0.0720 e. The minimum atomic E-state index is 0.554. The summed E-state index contributed by atoms with van der Waals surface area (Å²) in [6, 6.07) is 3.37. The first kappa shape index (κ1) is 12.4. The summed E-state index contributed by atoms with van der Waals surface area (Å²) in [7, 11) is 4.02. The van der Waals surface area contributed by atoms with E-state index in [-0.39, 0.29) is 0 Å². The lowest BCUT2D eigenvalue weighted by atomic mass is 10.3. The van der Waals surface area contributed by atoms with E-state index >= 15 is 0 Å². The van der Waals surface area contributed by atoms with E-state index in [9.17, 15) is 0 Å². The molecule has 1 aromatic carbocycles. The van der Waals surface area contributed by atoms with Crippen molar-refractivity contribution in [3.8, 4) is 0 Å². The molecule has 0 saturated heterocycles. The summed E-state index contributed by atoms with van der Waals surface area (Å²) in [4.78, 5) is 2.08. The number of nitrogens with two attached hydrogens (primary N) is 1. The number of nitrogens with zero attached hydrogens (tertiary/aromatic N) is 1. The SMILES string of the molecule is CN(C)CCNc1c(Cl)cc(N)cc1Cl. The molecule has 84 valence electrons. The van der Waals surface area contributed by atoms with Crippen molar-refractivity contribution < 1.29 is 0 Å². The molecule has 0 aliphatic carbocycles. The Bertz CT molecular complexity index is 316. The van der Waals surface area contributed by atoms with Crippen molar-refractivity contribution in [2.75, 3.05) is 38.2 Å². The lowest BCUT2D eigenvalue weighted by molar-refractivity contribution is 0.425. The van der Waals surface area contributed by atoms with Gasteiger partial charge < -0.3 is 16.0 Å². The molecule has 15 heavy (non-hydrogen) atoms. The number of hydrogen-bond acceptors (Lipinski definition) is 3. The average molecular weight is 248 g/mol. The molecule has 0 aliphatic heterocycles. The van der Waals surface area contributed by atoms with Crippen LogP contribution in [0.4, 0.5) is 11.4 Å². The van der Waals surface area contributed by atoms with Gasteiger partial charge in [-0.1, -0.05) is 23.2 Å². The summed E-state index contributed by atoms with van der Waals surface area (Å²) >= 11 is 12.0. The van der Waals surface area contributed by atoms with Crippen LogP contribution in [0.25, 0.3) is 0 Å². The molecular weight excluding hydrogens is 233 g/mol. The van der Waals surface area contributed by atoms with Crippen LogP contribution in [-0.2, 0) is 0 Å². The molecule has 3 N–H and O–H groups in total. The van der Waals surface area contributed by atoms with Gasteiger partial charge in [-0.15, -0.1) is 0 Å². The molecule has 0 aromatic heterocycles. The fraction of sp³-hybridized carbons (Fsp3) is 0.400. The minimum absolute atomic E-state index is 0.554. The average Bonchev–Trinajstić information content (AvgIpc) is 2.08. The fourth-order valence-corrected chi connectivity index (χ4v) is 1.80. The van der Waals surface area contributed by atoms with Gasteiger partial charge in [0.2, 0.25) is 0 Å². The first-order valence-electron chi connectivity index (χ1n) is 4.64. The molecule has 0 aliphatic rings. The van der Waals surface area contributed by atoms with E-state index < -0.39 is 0 Å². The minimum Gasteiger partial charge on any atom is -0.399 e. The van der Waals surface area contributed by atoms with Crippen molar-refractivity contribution in [1.29, 1.82) is 0 Å². The van der Waals surface area contributed by atoms with Gasteiger partial charge in [-0.2, -0.15) is 0 Å². The highest BCUT2D eigenvalue weighted by Crippen LogP contribution is 2.32. The van der Waals surface area contributed by atoms with Crippen molar-refractivity contribution in [1.82, 2.24) is 4.90 Å². The monoisotopic (exact) mass is 247 g/mol. The van der Waals surface area contributed by atoms with Crippen molar-refractivity contribution in [2.24, 2.45) is 0 Å². The zero-order valence-corrected chi connectivity index (χ0v) is 10.4. The molecule has 0 saturated carbocycles. The van der Waals surface area contributed by atoms with Crippen molar-refractivity contribution in [3.05, 3.63) is 22.2 Å². The summed E-state index contributed by atoms with van der Waals surface area (Å²) in [6.07, 6.45) is 0. The van der Waals surface area contributed by atoms with Gasteiger partial charge in [0.15, 0.2) is 0 Å². The second kappa shape index (κ2) is 5.45. The molecule has 0 bridgehead atoms. The van der Waals surface area contributed by atoms with E-state index in [2.05, 4.69) is 10.2 Å². The quantitative estimate of drug-likeness (QED) is 0.804. The molecule has 0 unspecified atom stereocenters. The highest BCUT2D eigenvalue weighted by molar-refractivity contribution is 6.39. The number of anilines is 2. The van der Waals surface area contributed by atoms with Gasteiger partial charge in [-0.25, -0.2) is 0 Å². The number of hydrogen-bond donors (Lipinski definition) is 2. The number of nitrogen functional groups attached to an aromatic ring is 1. The summed E-state index contributed by atoms with van der Waals surface area (Å²) in [5, 5.41) is 4.29. The predicted octanol–water partition coefficient (Wildman–Crippen LogP) is 2.55. The van der Waals surface area contributed by atoms with Crippen LogP contribution >= 0.6 is 23.2 Å². The second-order valence-electron chi connectivity index (χ2n) is 3.59. The van der Waals surface area contributed by atoms with Crippen LogP contribution < -0.4 is 11.1 Å². The molecule has 0 atom stereocenters. The summed E-state index contributed by atoms with van der Waals surface area (Å²) in [5.41, 5.74) is 6.92. The van der Waals surface area contributed by atoms with E-state index in [1.807, 2.05) is 14.1 Å². The number of nitrogens with one attached hydrogen (secondary N) is 1. The number of benzene rings is 1. The van der Waals surface area contributed by atoms with E-state index in [1.54, 1.807) is 12.1 Å². The Balaban J connectivity index is 2.68. The Morgan fingerprint density at radius 2 is 1.80 bits per heavy atom. The van der Waals surface area contributed by atoms with Crippen LogP contribution in [0.3, 0.4) is 0 Å². The normalized spacial score (nSPS) is 10.7. The lowest BCUT2D eigenvalue weighted by Gasteiger charge is -2.14. The van der Waals surface area contributed by atoms with Crippen molar-refractivity contribution >= 4 is 34.6 Å². The van der Waals surface area contributed by atoms with Gasteiger partial charge in [-0.05, 0) is 26.2 Å². The predicted molar refractivity (Wildman–Crippen MR) is 67.9 cm³/mol. The van der Waals surface area contributed by atoms with Gasteiger partial charge in [0.25, 0.3) is 0 Å². The third-order valence-electron chi connectivity index (χ3n) is 1.93. The van der Waals surface area contributed by atoms with Gasteiger partial charge >= 0.3 is 0 Å². The molecule has 5 heteroatoms. The van der Waals surface area contributed by atoms with Crippen LogP contribution in [0.2, 0.25) is 10.0 Å². The molecular formula is C10H15Cl2N3. The Kier molecular flexibility index (Phi) is 4.51. The molecule has 1 rings (SSSR count). The van der Waals surface area contributed by atoms with Gasteiger partial charge in [0.1, 0.15) is 0 Å². The number of rotatable bonds is 4. The highest BCUT2D eigenvalue weighted by Gasteiger charge is 2.06. The number of halogens is 2. The van der Waals surface area contributed by atoms with E-state index in [4.69, 9.17) is 28.9 Å². The standard InChI is InChI=1S/C10H15Cl2N3/c1-15(2)4-3-14-10-8(11)5-7(13)6-9(10)12/h5-6,14H,3-4,13H2,1-2H3. The van der Waals surface area contributed by atoms with Crippen LogP contribution in [0.1, 0.15) is 0 Å². The van der Waals surface area contributed by atoms with E-state index in [0.717, 1.165) is 18.8 Å². The zero-order chi connectivity index (χ0) is 11.4. The first-order valence-corrected chi connectivity index (χ1v) is 5.39. The second-order valence-corrected chi connectivity index (χ2v) is 4.40. The fourth-order valence-electron chi connectivity index (χ4n) is 1.17. The van der Waals surface area contributed by atoms with Crippen LogP contribution in [0, 0.1) is 0 Å². The Labute approximate surface area is 100 Å². The molecule has 3 nitrogen and oxygen atoms in total. The van der Waals surface area contributed by atoms with Gasteiger partial charge in [0, 0.05) is 18.8 Å². The maximum absolute atomic E-state index is 6.01. The Hall–Kier alpha value is -0.640. The van der Waals surface area contributed by atoms with Gasteiger partial charge in [0.05, 0.1) is 15.7 Å². The number of likely N-dealkylation sites (N-methyl/N-ethyl adjacent to an activating group) is 1. The first-order chi connectivity index (χ1) is 7.00. The van der Waals surface area contributed by atoms with Crippen LogP contribution in [-0.4, -0.2) is 32.1 Å². The summed E-state index contributed by atoms with van der Waals surface area (Å²) in [5.74, 6) is 0. The molecule has 0 radical (unpaired) electrons. The molecule has 0 spiro atoms. The largest absolute Gasteiger partial charge is 0.399 e. The van der Waals surface area contributed by atoms with Crippen molar-refractivity contribution in [3.63, 3.8) is 0 Å². The molecule has 1 aromatic rings. The zero-order valence-electron chi connectivity index (χ0n) is 8.85. The molecule has 0 heterocycles. The van der Waals surface area contributed by atoms with Gasteiger partial charge in [-0.3, -0.25) is 0 Å². The van der Waals surface area contributed by atoms with E-state index in [1.165, 1.54) is 0 Å². The molecule has 0 amide bonds. The molecule has 0 fully saturated rings. The van der Waals surface area contributed by atoms with Crippen LogP contribution in [0.15, 0.2) is 12.1 Å². The smallest absolute Gasteiger partial charge is 0.0720 e. The van der Waals surface area contributed by atoms with Crippen LogP contribution in [0.5, 0.6) is 0 Å². The Morgan fingerprint density at radius 3 is 2.27 bits per heavy atom. The van der Waals surface area contributed by atoms with Crippen molar-refractivity contribution in [2.45, 2.75) is 0 Å². The summed E-state index contributed by atoms with van der Waals surface area (Å²) in [6.45, 7) is 1.70. The Morgan fingerprint density at radius 1 is 1.27 bits per heavy atom. The van der Waals surface area contributed by atoms with E-state index in [0.29, 0.717) is 15.7 Å². The topological polar surface area (TPSA) is 41.3 Å². The maximum atomic E-state index is 6.01. The highest BCUT2D eigenvalue weighted by atomic mass is 35.5.